The lowest BCUT2D eigenvalue weighted by molar-refractivity contribution is -0.161. The average molecular weight is 423 g/mol. The second-order valence-electron chi connectivity index (χ2n) is 7.61. The summed E-state index contributed by atoms with van der Waals surface area (Å²) in [7, 11) is 0. The van der Waals surface area contributed by atoms with Crippen LogP contribution in [0.15, 0.2) is 30.3 Å². The van der Waals surface area contributed by atoms with E-state index in [1.807, 2.05) is 6.07 Å². The van der Waals surface area contributed by atoms with E-state index in [1.165, 1.54) is 29.5 Å². The number of carbonyl (C=O) groups is 3. The van der Waals surface area contributed by atoms with Gasteiger partial charge in [0.15, 0.2) is 0 Å². The predicted molar refractivity (Wildman–Crippen MR) is 113 cm³/mol. The second-order valence-corrected chi connectivity index (χ2v) is 9.39. The molecule has 2 aliphatic rings. The van der Waals surface area contributed by atoms with E-state index < -0.39 is 34.7 Å². The van der Waals surface area contributed by atoms with Crippen LogP contribution in [0.1, 0.15) is 45.2 Å². The van der Waals surface area contributed by atoms with Crippen LogP contribution in [-0.4, -0.2) is 56.5 Å². The van der Waals surface area contributed by atoms with Gasteiger partial charge < -0.3 is 26.8 Å². The normalized spacial score (nSPS) is 25.2. The molecule has 0 saturated carbocycles. The molecule has 9 heteroatoms. The Labute approximate surface area is 175 Å². The molecule has 160 valence electrons. The Balaban J connectivity index is 0.000000537. The molecule has 0 radical (unpaired) electrons. The van der Waals surface area contributed by atoms with Crippen molar-refractivity contribution in [2.45, 2.75) is 61.9 Å². The van der Waals surface area contributed by atoms with Gasteiger partial charge >= 0.3 is 5.97 Å². The summed E-state index contributed by atoms with van der Waals surface area (Å²) < 4.78 is -0.618. The van der Waals surface area contributed by atoms with Crippen LogP contribution in [-0.2, 0) is 14.4 Å². The summed E-state index contributed by atoms with van der Waals surface area (Å²) in [6.07, 6.45) is 2.39. The number of nitrogens with one attached hydrogen (secondary N) is 1. The van der Waals surface area contributed by atoms with Gasteiger partial charge in [0, 0.05) is 4.75 Å². The van der Waals surface area contributed by atoms with E-state index in [-0.39, 0.29) is 11.3 Å². The summed E-state index contributed by atoms with van der Waals surface area (Å²) in [6.45, 7) is 6.55. The number of unbranched alkanes of at least 4 members (excludes halogenated alkanes) is 1. The zero-order valence-electron chi connectivity index (χ0n) is 17.0. The first-order chi connectivity index (χ1) is 13.7. The zero-order valence-corrected chi connectivity index (χ0v) is 17.8. The van der Waals surface area contributed by atoms with Crippen LogP contribution in [0.5, 0.6) is 0 Å². The van der Waals surface area contributed by atoms with Gasteiger partial charge in [0.2, 0.25) is 11.8 Å². The molecule has 2 heterocycles. The Kier molecular flexibility index (Phi) is 7.67. The Bertz CT molecular complexity index is 741. The Hall–Kier alpha value is -2.10. The standard InChI is InChI=1S/C16H19N3O4S.C4H11N/c1-16(2)11(15(22)23)19-13(21)10(14(19)24-16)18-12(20)9(17)8-6-4-3-5-7-8;1-2-3-4-5/h3-7,9-11,14H,17H2,1-2H3,(H,18,20)(H,22,23);2-5H2,1H3/t9?,10-,11+,14-;/m1./s1. The highest BCUT2D eigenvalue weighted by Gasteiger charge is 2.64. The molecule has 8 nitrogen and oxygen atoms in total. The summed E-state index contributed by atoms with van der Waals surface area (Å²) in [5.41, 5.74) is 11.7. The minimum Gasteiger partial charge on any atom is -0.480 e. The van der Waals surface area contributed by atoms with Gasteiger partial charge in [0.25, 0.3) is 0 Å². The van der Waals surface area contributed by atoms with Crippen molar-refractivity contribution in [2.75, 3.05) is 6.54 Å². The van der Waals surface area contributed by atoms with Gasteiger partial charge in [-0.1, -0.05) is 43.7 Å². The number of fused-ring (bicyclic) bond motifs is 1. The highest BCUT2D eigenvalue weighted by Crippen LogP contribution is 2.50. The summed E-state index contributed by atoms with van der Waals surface area (Å²) in [5.74, 6) is -1.86. The number of amides is 2. The van der Waals surface area contributed by atoms with E-state index in [1.54, 1.807) is 38.1 Å². The topological polar surface area (TPSA) is 139 Å². The van der Waals surface area contributed by atoms with Gasteiger partial charge in [-0.3, -0.25) is 9.59 Å². The third-order valence-electron chi connectivity index (χ3n) is 4.97. The number of carbonyl (C=O) groups excluding carboxylic acids is 2. The van der Waals surface area contributed by atoms with Crippen LogP contribution >= 0.6 is 11.8 Å². The van der Waals surface area contributed by atoms with Crippen molar-refractivity contribution in [1.29, 1.82) is 0 Å². The predicted octanol–water partition coefficient (Wildman–Crippen LogP) is 1.06. The van der Waals surface area contributed by atoms with Gasteiger partial charge in [-0.2, -0.15) is 0 Å². The number of benzene rings is 1. The molecule has 6 N–H and O–H groups in total. The fourth-order valence-corrected chi connectivity index (χ4v) is 5.03. The third kappa shape index (κ3) is 4.91. The van der Waals surface area contributed by atoms with E-state index in [0.29, 0.717) is 5.56 Å². The van der Waals surface area contributed by atoms with Gasteiger partial charge in [-0.05, 0) is 32.4 Å². The fraction of sp³-hybridized carbons (Fsp3) is 0.550. The Morgan fingerprint density at radius 2 is 1.93 bits per heavy atom. The highest BCUT2D eigenvalue weighted by molar-refractivity contribution is 8.01. The monoisotopic (exact) mass is 422 g/mol. The Morgan fingerprint density at radius 3 is 2.41 bits per heavy atom. The summed E-state index contributed by atoms with van der Waals surface area (Å²) >= 11 is 1.38. The molecular formula is C20H30N4O4S. The molecule has 0 aliphatic carbocycles. The van der Waals surface area contributed by atoms with E-state index in [2.05, 4.69) is 12.2 Å². The SMILES string of the molecule is CC1(C)S[C@@H]2[C@H](NC(=O)C(N)c3ccccc3)C(=O)N2[C@H]1C(=O)O.CCCCN. The van der Waals surface area contributed by atoms with E-state index in [0.717, 1.165) is 6.54 Å². The first kappa shape index (κ1) is 23.2. The van der Waals surface area contributed by atoms with Crippen molar-refractivity contribution in [3.05, 3.63) is 35.9 Å². The maximum Gasteiger partial charge on any atom is 0.327 e. The summed E-state index contributed by atoms with van der Waals surface area (Å²) in [6, 6.07) is 6.38. The zero-order chi connectivity index (χ0) is 21.8. The maximum absolute atomic E-state index is 12.3. The van der Waals surface area contributed by atoms with E-state index >= 15 is 0 Å². The van der Waals surface area contributed by atoms with Crippen LogP contribution < -0.4 is 16.8 Å². The van der Waals surface area contributed by atoms with Crippen molar-refractivity contribution in [3.8, 4) is 0 Å². The number of nitrogens with two attached hydrogens (primary N) is 2. The first-order valence-corrected chi connectivity index (χ1v) is 10.6. The van der Waals surface area contributed by atoms with Crippen molar-refractivity contribution < 1.29 is 19.5 Å². The lowest BCUT2D eigenvalue weighted by atomic mass is 9.95. The van der Waals surface area contributed by atoms with Crippen LogP contribution in [0, 0.1) is 0 Å². The number of β-lactam (4-membered cyclic amide) rings is 1. The lowest BCUT2D eigenvalue weighted by Crippen LogP contribution is -2.71. The molecule has 0 bridgehead atoms. The molecule has 29 heavy (non-hydrogen) atoms. The third-order valence-corrected chi connectivity index (χ3v) is 6.54. The maximum atomic E-state index is 12.3. The fourth-order valence-electron chi connectivity index (χ4n) is 3.40. The summed E-state index contributed by atoms with van der Waals surface area (Å²) in [4.78, 5) is 37.5. The lowest BCUT2D eigenvalue weighted by Gasteiger charge is -2.43. The van der Waals surface area contributed by atoms with Crippen molar-refractivity contribution >= 4 is 29.5 Å². The van der Waals surface area contributed by atoms with E-state index in [9.17, 15) is 19.5 Å². The highest BCUT2D eigenvalue weighted by atomic mass is 32.2. The second kappa shape index (κ2) is 9.60. The average Bonchev–Trinajstić information content (AvgIpc) is 2.95. The molecule has 3 rings (SSSR count). The Morgan fingerprint density at radius 1 is 1.31 bits per heavy atom. The number of rotatable bonds is 6. The van der Waals surface area contributed by atoms with Gasteiger partial charge in [-0.15, -0.1) is 11.8 Å². The molecule has 4 atom stereocenters. The van der Waals surface area contributed by atoms with Crippen LogP contribution in [0.4, 0.5) is 0 Å². The van der Waals surface area contributed by atoms with Crippen molar-refractivity contribution in [2.24, 2.45) is 11.5 Å². The minimum absolute atomic E-state index is 0.375. The van der Waals surface area contributed by atoms with Crippen LogP contribution in [0.3, 0.4) is 0 Å². The van der Waals surface area contributed by atoms with Crippen LogP contribution in [0.2, 0.25) is 0 Å². The number of hydrogen-bond acceptors (Lipinski definition) is 6. The molecule has 1 unspecified atom stereocenters. The largest absolute Gasteiger partial charge is 0.480 e. The van der Waals surface area contributed by atoms with Crippen molar-refractivity contribution in [1.82, 2.24) is 10.2 Å². The van der Waals surface area contributed by atoms with Gasteiger partial charge in [-0.25, -0.2) is 4.79 Å². The smallest absolute Gasteiger partial charge is 0.327 e. The van der Waals surface area contributed by atoms with Crippen molar-refractivity contribution in [3.63, 3.8) is 0 Å². The molecular weight excluding hydrogens is 392 g/mol. The molecule has 1 aromatic rings. The number of carboxylic acid groups (broad SMARTS) is 1. The number of hydrogen-bond donors (Lipinski definition) is 4. The molecule has 1 aromatic carbocycles. The number of carboxylic acids is 1. The molecule has 0 aromatic heterocycles. The number of aliphatic carboxylic acids is 1. The molecule has 0 spiro atoms. The first-order valence-electron chi connectivity index (χ1n) is 9.69. The molecule has 2 fully saturated rings. The van der Waals surface area contributed by atoms with E-state index in [4.69, 9.17) is 11.5 Å². The molecule has 2 saturated heterocycles. The molecule has 2 amide bonds. The van der Waals surface area contributed by atoms with Crippen LogP contribution in [0.25, 0.3) is 0 Å². The van der Waals surface area contributed by atoms with Gasteiger partial charge in [0.1, 0.15) is 23.5 Å². The minimum atomic E-state index is -1.03. The molecule has 2 aliphatic heterocycles. The number of nitrogens with zero attached hydrogens (tertiary/aromatic N) is 1. The quantitative estimate of drug-likeness (QED) is 0.503. The summed E-state index contributed by atoms with van der Waals surface area (Å²) in [5, 5.41) is 11.7. The number of thioether (sulfide) groups is 1. The van der Waals surface area contributed by atoms with Gasteiger partial charge in [0.05, 0.1) is 0 Å².